The lowest BCUT2D eigenvalue weighted by Crippen LogP contribution is -2.15. The molecule has 1 aromatic heterocycles. The average molecular weight is 370 g/mol. The minimum absolute atomic E-state index is 0.258. The van der Waals surface area contributed by atoms with E-state index in [1.54, 1.807) is 41.1 Å². The molecule has 1 N–H and O–H groups in total. The summed E-state index contributed by atoms with van der Waals surface area (Å²) in [6.45, 7) is 0. The van der Waals surface area contributed by atoms with Gasteiger partial charge >= 0.3 is 0 Å². The maximum absolute atomic E-state index is 13.2. The molecule has 1 heterocycles. The second-order valence-corrected chi connectivity index (χ2v) is 6.77. The molecule has 4 nitrogen and oxygen atoms in total. The highest BCUT2D eigenvalue weighted by Gasteiger charge is 2.25. The van der Waals surface area contributed by atoms with Gasteiger partial charge in [-0.25, -0.2) is 9.07 Å². The third-order valence-electron chi connectivity index (χ3n) is 4.55. The molecule has 0 spiro atoms. The van der Waals surface area contributed by atoms with E-state index in [1.165, 1.54) is 12.1 Å². The first-order valence-electron chi connectivity index (χ1n) is 8.55. The standard InChI is InChI=1S/C20H17ClFN3O/c21-13-4-3-5-15(12-13)23-20(26)19-17-6-1-2-7-18(17)25(24-19)16-10-8-14(22)9-11-16/h3-5,8-12H,1-2,6-7H2,(H,23,26). The Morgan fingerprint density at radius 3 is 2.65 bits per heavy atom. The fourth-order valence-electron chi connectivity index (χ4n) is 3.33. The molecule has 4 rings (SSSR count). The maximum atomic E-state index is 13.2. The molecule has 0 aliphatic heterocycles. The van der Waals surface area contributed by atoms with Gasteiger partial charge in [0.25, 0.3) is 5.91 Å². The van der Waals surface area contributed by atoms with Crippen molar-refractivity contribution in [1.29, 1.82) is 0 Å². The number of benzene rings is 2. The van der Waals surface area contributed by atoms with Crippen LogP contribution in [0.5, 0.6) is 0 Å². The van der Waals surface area contributed by atoms with Crippen molar-refractivity contribution in [3.63, 3.8) is 0 Å². The molecule has 0 unspecified atom stereocenters. The van der Waals surface area contributed by atoms with Crippen molar-refractivity contribution in [2.75, 3.05) is 5.32 Å². The number of aromatic nitrogens is 2. The van der Waals surface area contributed by atoms with Gasteiger partial charge in [-0.05, 0) is 68.1 Å². The topological polar surface area (TPSA) is 46.9 Å². The first-order chi connectivity index (χ1) is 12.6. The molecular formula is C20H17ClFN3O. The molecule has 0 saturated carbocycles. The summed E-state index contributed by atoms with van der Waals surface area (Å²) >= 11 is 5.98. The van der Waals surface area contributed by atoms with Crippen LogP contribution >= 0.6 is 11.6 Å². The third kappa shape index (κ3) is 3.22. The van der Waals surface area contributed by atoms with Gasteiger partial charge in [-0.2, -0.15) is 5.10 Å². The maximum Gasteiger partial charge on any atom is 0.276 e. The van der Waals surface area contributed by atoms with Gasteiger partial charge in [-0.15, -0.1) is 0 Å². The fraction of sp³-hybridized carbons (Fsp3) is 0.200. The summed E-state index contributed by atoms with van der Waals surface area (Å²) < 4.78 is 15.0. The quantitative estimate of drug-likeness (QED) is 0.721. The van der Waals surface area contributed by atoms with Crippen molar-refractivity contribution in [3.05, 3.63) is 76.3 Å². The summed E-state index contributed by atoms with van der Waals surface area (Å²) in [5, 5.41) is 7.98. The van der Waals surface area contributed by atoms with Crippen LogP contribution in [0, 0.1) is 5.82 Å². The number of nitrogens with zero attached hydrogens (tertiary/aromatic N) is 2. The predicted molar refractivity (Wildman–Crippen MR) is 99.6 cm³/mol. The lowest BCUT2D eigenvalue weighted by atomic mass is 9.95. The zero-order valence-electron chi connectivity index (χ0n) is 14.0. The Morgan fingerprint density at radius 1 is 1.12 bits per heavy atom. The summed E-state index contributed by atoms with van der Waals surface area (Å²) in [5.74, 6) is -0.556. The third-order valence-corrected chi connectivity index (χ3v) is 4.78. The van der Waals surface area contributed by atoms with Gasteiger partial charge in [0.15, 0.2) is 5.69 Å². The molecule has 0 radical (unpaired) electrons. The highest BCUT2D eigenvalue weighted by atomic mass is 35.5. The summed E-state index contributed by atoms with van der Waals surface area (Å²) in [5.41, 5.74) is 3.80. The molecule has 0 bridgehead atoms. The molecule has 1 aliphatic carbocycles. The van der Waals surface area contributed by atoms with E-state index >= 15 is 0 Å². The Bertz CT molecular complexity index is 966. The number of rotatable bonds is 3. The van der Waals surface area contributed by atoms with Crippen molar-refractivity contribution < 1.29 is 9.18 Å². The Labute approximate surface area is 155 Å². The van der Waals surface area contributed by atoms with E-state index in [9.17, 15) is 9.18 Å². The van der Waals surface area contributed by atoms with E-state index in [0.29, 0.717) is 16.4 Å². The van der Waals surface area contributed by atoms with Gasteiger partial charge in [-0.3, -0.25) is 4.79 Å². The van der Waals surface area contributed by atoms with Crippen LogP contribution in [0.2, 0.25) is 5.02 Å². The Balaban J connectivity index is 1.72. The van der Waals surface area contributed by atoms with Gasteiger partial charge in [0.1, 0.15) is 5.82 Å². The number of carbonyl (C=O) groups excluding carboxylic acids is 1. The molecule has 0 fully saturated rings. The molecule has 1 amide bonds. The van der Waals surface area contributed by atoms with E-state index in [1.807, 2.05) is 0 Å². The van der Waals surface area contributed by atoms with Crippen molar-refractivity contribution >= 4 is 23.2 Å². The average Bonchev–Trinajstić information content (AvgIpc) is 3.02. The van der Waals surface area contributed by atoms with Crippen LogP contribution in [0.4, 0.5) is 10.1 Å². The molecule has 6 heteroatoms. The van der Waals surface area contributed by atoms with Crippen LogP contribution in [-0.2, 0) is 12.8 Å². The number of halogens is 2. The second kappa shape index (κ2) is 6.92. The molecule has 3 aromatic rings. The van der Waals surface area contributed by atoms with E-state index in [-0.39, 0.29) is 11.7 Å². The van der Waals surface area contributed by atoms with Gasteiger partial charge in [0, 0.05) is 22.0 Å². The summed E-state index contributed by atoms with van der Waals surface area (Å²) in [7, 11) is 0. The number of nitrogens with one attached hydrogen (secondary N) is 1. The van der Waals surface area contributed by atoms with E-state index in [0.717, 1.165) is 42.6 Å². The number of hydrogen-bond donors (Lipinski definition) is 1. The number of amides is 1. The molecular weight excluding hydrogens is 353 g/mol. The van der Waals surface area contributed by atoms with E-state index in [4.69, 9.17) is 11.6 Å². The van der Waals surface area contributed by atoms with Crippen LogP contribution in [-0.4, -0.2) is 15.7 Å². The smallest absolute Gasteiger partial charge is 0.276 e. The molecule has 26 heavy (non-hydrogen) atoms. The SMILES string of the molecule is O=C(Nc1cccc(Cl)c1)c1nn(-c2ccc(F)cc2)c2c1CCCC2. The number of anilines is 1. The lowest BCUT2D eigenvalue weighted by Gasteiger charge is -2.14. The highest BCUT2D eigenvalue weighted by Crippen LogP contribution is 2.28. The van der Waals surface area contributed by atoms with E-state index < -0.39 is 0 Å². The normalized spacial score (nSPS) is 13.3. The number of carbonyl (C=O) groups is 1. The van der Waals surface area contributed by atoms with Crippen molar-refractivity contribution in [1.82, 2.24) is 9.78 Å². The van der Waals surface area contributed by atoms with Gasteiger partial charge in [-0.1, -0.05) is 17.7 Å². The molecule has 0 saturated heterocycles. The minimum Gasteiger partial charge on any atom is -0.321 e. The van der Waals surface area contributed by atoms with Crippen LogP contribution in [0.25, 0.3) is 5.69 Å². The zero-order chi connectivity index (χ0) is 18.1. The molecule has 0 atom stereocenters. The zero-order valence-corrected chi connectivity index (χ0v) is 14.8. The summed E-state index contributed by atoms with van der Waals surface area (Å²) in [6.07, 6.45) is 3.74. The Kier molecular flexibility index (Phi) is 4.47. The van der Waals surface area contributed by atoms with Gasteiger partial charge < -0.3 is 5.32 Å². The number of fused-ring (bicyclic) bond motifs is 1. The van der Waals surface area contributed by atoms with Gasteiger partial charge in [0.05, 0.1) is 5.69 Å². The fourth-order valence-corrected chi connectivity index (χ4v) is 3.52. The van der Waals surface area contributed by atoms with Crippen LogP contribution in [0.3, 0.4) is 0 Å². The summed E-state index contributed by atoms with van der Waals surface area (Å²) in [4.78, 5) is 12.8. The van der Waals surface area contributed by atoms with Crippen LogP contribution in [0.1, 0.15) is 34.6 Å². The van der Waals surface area contributed by atoms with Gasteiger partial charge in [0.2, 0.25) is 0 Å². The lowest BCUT2D eigenvalue weighted by molar-refractivity contribution is 0.102. The van der Waals surface area contributed by atoms with Crippen LogP contribution < -0.4 is 5.32 Å². The largest absolute Gasteiger partial charge is 0.321 e. The molecule has 1 aliphatic rings. The monoisotopic (exact) mass is 369 g/mol. The number of hydrogen-bond acceptors (Lipinski definition) is 2. The summed E-state index contributed by atoms with van der Waals surface area (Å²) in [6, 6.07) is 13.2. The van der Waals surface area contributed by atoms with Crippen LogP contribution in [0.15, 0.2) is 48.5 Å². The first kappa shape index (κ1) is 16.8. The molecule has 132 valence electrons. The second-order valence-electron chi connectivity index (χ2n) is 6.33. The minimum atomic E-state index is -0.298. The first-order valence-corrected chi connectivity index (χ1v) is 8.93. The van der Waals surface area contributed by atoms with Crippen molar-refractivity contribution in [2.24, 2.45) is 0 Å². The Morgan fingerprint density at radius 2 is 1.88 bits per heavy atom. The van der Waals surface area contributed by atoms with Crippen molar-refractivity contribution in [2.45, 2.75) is 25.7 Å². The van der Waals surface area contributed by atoms with Crippen molar-refractivity contribution in [3.8, 4) is 5.69 Å². The Hall–Kier alpha value is -2.66. The molecule has 2 aromatic carbocycles. The predicted octanol–water partition coefficient (Wildman–Crippen LogP) is 4.80. The van der Waals surface area contributed by atoms with E-state index in [2.05, 4.69) is 10.4 Å². The highest BCUT2D eigenvalue weighted by molar-refractivity contribution is 6.30.